The Bertz CT molecular complexity index is 867. The molecule has 3 rings (SSSR count). The van der Waals surface area contributed by atoms with Gasteiger partial charge in [-0.1, -0.05) is 0 Å². The number of aromatic amines is 1. The third-order valence-corrected chi connectivity index (χ3v) is 6.39. The van der Waals surface area contributed by atoms with E-state index in [2.05, 4.69) is 10.3 Å². The number of aromatic nitrogens is 1. The van der Waals surface area contributed by atoms with Gasteiger partial charge in [-0.25, -0.2) is 8.42 Å². The molecule has 2 heterocycles. The maximum absolute atomic E-state index is 12.5. The summed E-state index contributed by atoms with van der Waals surface area (Å²) >= 11 is 0. The quantitative estimate of drug-likeness (QED) is 0.889. The van der Waals surface area contributed by atoms with Crippen LogP contribution in [0.15, 0.2) is 18.2 Å². The Morgan fingerprint density at radius 3 is 2.68 bits per heavy atom. The minimum absolute atomic E-state index is 0.0102. The van der Waals surface area contributed by atoms with Crippen molar-refractivity contribution in [1.82, 2.24) is 10.3 Å². The average Bonchev–Trinajstić information content (AvgIpc) is 2.86. The highest BCUT2D eigenvalue weighted by atomic mass is 32.2. The predicted octanol–water partition coefficient (Wildman–Crippen LogP) is 2.09. The smallest absolute Gasteiger partial charge is 0.251 e. The van der Waals surface area contributed by atoms with Crippen molar-refractivity contribution in [2.45, 2.75) is 32.7 Å². The minimum atomic E-state index is -3.04. The van der Waals surface area contributed by atoms with E-state index in [0.29, 0.717) is 12.0 Å². The van der Waals surface area contributed by atoms with Gasteiger partial charge in [-0.15, -0.1) is 0 Å². The lowest BCUT2D eigenvalue weighted by molar-refractivity contribution is 0.0915. The number of nitrogens with one attached hydrogen (secondary N) is 2. The van der Waals surface area contributed by atoms with E-state index < -0.39 is 15.4 Å². The number of hydrogen-bond acceptors (Lipinski definition) is 3. The van der Waals surface area contributed by atoms with Gasteiger partial charge < -0.3 is 10.3 Å². The SMILES string of the molecule is Cc1[nH]c2ccc(C(=O)N[C@]3(C)CCS(=O)(=O)C3)cc2c1C. The number of carbonyl (C=O) groups is 1. The molecule has 2 N–H and O–H groups in total. The molecular formula is C16H20N2O3S. The zero-order valence-electron chi connectivity index (χ0n) is 13.0. The maximum atomic E-state index is 12.5. The van der Waals surface area contributed by atoms with Crippen molar-refractivity contribution in [3.05, 3.63) is 35.0 Å². The molecule has 2 aromatic rings. The first kappa shape index (κ1) is 15.1. The van der Waals surface area contributed by atoms with Crippen LogP contribution in [0.3, 0.4) is 0 Å². The summed E-state index contributed by atoms with van der Waals surface area (Å²) in [5.41, 5.74) is 3.09. The Morgan fingerprint density at radius 1 is 1.32 bits per heavy atom. The van der Waals surface area contributed by atoms with E-state index in [1.807, 2.05) is 26.0 Å². The summed E-state index contributed by atoms with van der Waals surface area (Å²) in [4.78, 5) is 15.7. The van der Waals surface area contributed by atoms with Gasteiger partial charge in [0.15, 0.2) is 9.84 Å². The molecule has 1 fully saturated rings. The first-order valence-electron chi connectivity index (χ1n) is 7.31. The summed E-state index contributed by atoms with van der Waals surface area (Å²) in [7, 11) is -3.04. The Morgan fingerprint density at radius 2 is 2.05 bits per heavy atom. The van der Waals surface area contributed by atoms with Crippen LogP contribution in [-0.2, 0) is 9.84 Å². The van der Waals surface area contributed by atoms with Crippen LogP contribution in [0.4, 0.5) is 0 Å². The van der Waals surface area contributed by atoms with Gasteiger partial charge in [0.05, 0.1) is 17.0 Å². The van der Waals surface area contributed by atoms with Gasteiger partial charge in [0.2, 0.25) is 0 Å². The minimum Gasteiger partial charge on any atom is -0.358 e. The monoisotopic (exact) mass is 320 g/mol. The molecule has 1 aromatic heterocycles. The molecule has 1 atom stereocenters. The Hall–Kier alpha value is -1.82. The van der Waals surface area contributed by atoms with Crippen LogP contribution in [0.2, 0.25) is 0 Å². The second-order valence-electron chi connectivity index (χ2n) is 6.49. The van der Waals surface area contributed by atoms with Gasteiger partial charge in [0.25, 0.3) is 5.91 Å². The molecule has 0 bridgehead atoms. The highest BCUT2D eigenvalue weighted by molar-refractivity contribution is 7.91. The van der Waals surface area contributed by atoms with Crippen LogP contribution >= 0.6 is 0 Å². The molecule has 1 aliphatic heterocycles. The van der Waals surface area contributed by atoms with E-state index in [1.54, 1.807) is 13.0 Å². The summed E-state index contributed by atoms with van der Waals surface area (Å²) in [6.07, 6.45) is 0.464. The highest BCUT2D eigenvalue weighted by Gasteiger charge is 2.39. The maximum Gasteiger partial charge on any atom is 0.251 e. The van der Waals surface area contributed by atoms with Crippen molar-refractivity contribution in [1.29, 1.82) is 0 Å². The molecule has 0 spiro atoms. The van der Waals surface area contributed by atoms with Crippen molar-refractivity contribution in [3.8, 4) is 0 Å². The number of carbonyl (C=O) groups excluding carboxylic acids is 1. The van der Waals surface area contributed by atoms with Crippen LogP contribution in [0, 0.1) is 13.8 Å². The van der Waals surface area contributed by atoms with E-state index in [1.165, 1.54) is 0 Å². The standard InChI is InChI=1S/C16H20N2O3S/c1-10-11(2)17-14-5-4-12(8-13(10)14)15(19)18-16(3)6-7-22(20,21)9-16/h4-5,8,17H,6-7,9H2,1-3H3,(H,18,19)/t16-/m1/s1. The van der Waals surface area contributed by atoms with E-state index in [4.69, 9.17) is 0 Å². The molecular weight excluding hydrogens is 300 g/mol. The Labute approximate surface area is 130 Å². The molecule has 5 nitrogen and oxygen atoms in total. The van der Waals surface area contributed by atoms with Gasteiger partial charge >= 0.3 is 0 Å². The fraction of sp³-hybridized carbons (Fsp3) is 0.438. The van der Waals surface area contributed by atoms with Gasteiger partial charge in [0.1, 0.15) is 0 Å². The van der Waals surface area contributed by atoms with Crippen LogP contribution in [-0.4, -0.2) is 36.4 Å². The van der Waals surface area contributed by atoms with Crippen LogP contribution in [0.25, 0.3) is 10.9 Å². The van der Waals surface area contributed by atoms with Crippen molar-refractivity contribution in [3.63, 3.8) is 0 Å². The molecule has 0 aliphatic carbocycles. The molecule has 0 unspecified atom stereocenters. The molecule has 1 aliphatic rings. The topological polar surface area (TPSA) is 79.0 Å². The Kier molecular flexibility index (Phi) is 3.32. The molecule has 1 aromatic carbocycles. The third-order valence-electron chi connectivity index (χ3n) is 4.49. The Balaban J connectivity index is 1.88. The lowest BCUT2D eigenvalue weighted by Crippen LogP contribution is -2.46. The summed E-state index contributed by atoms with van der Waals surface area (Å²) in [6, 6.07) is 5.51. The molecule has 22 heavy (non-hydrogen) atoms. The average molecular weight is 320 g/mol. The number of aryl methyl sites for hydroxylation is 2. The fourth-order valence-corrected chi connectivity index (χ4v) is 5.15. The van der Waals surface area contributed by atoms with Gasteiger partial charge in [0, 0.05) is 22.2 Å². The lowest BCUT2D eigenvalue weighted by Gasteiger charge is -2.23. The van der Waals surface area contributed by atoms with Gasteiger partial charge in [-0.2, -0.15) is 0 Å². The number of benzene rings is 1. The number of H-pyrrole nitrogens is 1. The van der Waals surface area contributed by atoms with Crippen LogP contribution in [0.5, 0.6) is 0 Å². The zero-order chi connectivity index (χ0) is 16.1. The normalized spacial score (nSPS) is 23.8. The first-order chi connectivity index (χ1) is 10.2. The fourth-order valence-electron chi connectivity index (χ4n) is 3.06. The van der Waals surface area contributed by atoms with Gasteiger partial charge in [-0.3, -0.25) is 4.79 Å². The zero-order valence-corrected chi connectivity index (χ0v) is 13.8. The second-order valence-corrected chi connectivity index (χ2v) is 8.68. The molecule has 1 amide bonds. The second kappa shape index (κ2) is 4.84. The molecule has 1 saturated heterocycles. The number of rotatable bonds is 2. The van der Waals surface area contributed by atoms with Crippen molar-refractivity contribution in [2.75, 3.05) is 11.5 Å². The number of sulfone groups is 1. The van der Waals surface area contributed by atoms with E-state index in [9.17, 15) is 13.2 Å². The molecule has 6 heteroatoms. The summed E-state index contributed by atoms with van der Waals surface area (Å²) in [5.74, 6) is -0.0744. The van der Waals surface area contributed by atoms with Crippen molar-refractivity contribution < 1.29 is 13.2 Å². The highest BCUT2D eigenvalue weighted by Crippen LogP contribution is 2.25. The lowest BCUT2D eigenvalue weighted by atomic mass is 10.0. The van der Waals surface area contributed by atoms with Crippen LogP contribution in [0.1, 0.15) is 35.0 Å². The van der Waals surface area contributed by atoms with Gasteiger partial charge in [-0.05, 0) is 51.0 Å². The largest absolute Gasteiger partial charge is 0.358 e. The molecule has 118 valence electrons. The van der Waals surface area contributed by atoms with E-state index >= 15 is 0 Å². The van der Waals surface area contributed by atoms with Crippen molar-refractivity contribution in [2.24, 2.45) is 0 Å². The third kappa shape index (κ3) is 2.63. The van der Waals surface area contributed by atoms with Crippen LogP contribution < -0.4 is 5.32 Å². The predicted molar refractivity (Wildman–Crippen MR) is 86.9 cm³/mol. The number of fused-ring (bicyclic) bond motifs is 1. The van der Waals surface area contributed by atoms with E-state index in [0.717, 1.165) is 22.2 Å². The first-order valence-corrected chi connectivity index (χ1v) is 9.13. The summed E-state index contributed by atoms with van der Waals surface area (Å²) in [6.45, 7) is 5.81. The summed E-state index contributed by atoms with van der Waals surface area (Å²) in [5, 5.41) is 3.91. The number of hydrogen-bond donors (Lipinski definition) is 2. The molecule has 0 radical (unpaired) electrons. The molecule has 0 saturated carbocycles. The number of amides is 1. The van der Waals surface area contributed by atoms with E-state index in [-0.39, 0.29) is 17.4 Å². The summed E-state index contributed by atoms with van der Waals surface area (Å²) < 4.78 is 23.3. The van der Waals surface area contributed by atoms with Crippen molar-refractivity contribution >= 4 is 26.6 Å².